The first-order valence-corrected chi connectivity index (χ1v) is 18.3. The van der Waals surface area contributed by atoms with Gasteiger partial charge in [0.1, 0.15) is 16.9 Å². The van der Waals surface area contributed by atoms with Gasteiger partial charge in [-0.25, -0.2) is 15.0 Å². The van der Waals surface area contributed by atoms with Gasteiger partial charge in [0.25, 0.3) is 0 Å². The van der Waals surface area contributed by atoms with Crippen LogP contribution in [0.3, 0.4) is 0 Å². The summed E-state index contributed by atoms with van der Waals surface area (Å²) in [7, 11) is 0. The second kappa shape index (κ2) is 13.8. The second-order valence-electron chi connectivity index (χ2n) is 13.5. The third-order valence-electron chi connectivity index (χ3n) is 10.0. The van der Waals surface area contributed by atoms with Gasteiger partial charge in [0.15, 0.2) is 17.5 Å². The molecule has 0 saturated carbocycles. The van der Waals surface area contributed by atoms with Crippen molar-refractivity contribution in [3.05, 3.63) is 194 Å². The van der Waals surface area contributed by atoms with Crippen LogP contribution in [0.2, 0.25) is 0 Å². The third kappa shape index (κ3) is 6.24. The highest BCUT2D eigenvalue weighted by atomic mass is 16.3. The lowest BCUT2D eigenvalue weighted by atomic mass is 9.97. The van der Waals surface area contributed by atoms with Gasteiger partial charge in [-0.1, -0.05) is 176 Å². The number of pyridine rings is 1. The topological polar surface area (TPSA) is 64.7 Å². The number of nitrogens with zero attached hydrogens (tertiary/aromatic N) is 4. The van der Waals surface area contributed by atoms with Crippen molar-refractivity contribution in [2.75, 3.05) is 0 Å². The first-order chi connectivity index (χ1) is 27.2. The molecule has 0 aliphatic carbocycles. The van der Waals surface area contributed by atoms with Gasteiger partial charge in [0.05, 0.1) is 0 Å². The molecule has 7 aromatic carbocycles. The van der Waals surface area contributed by atoms with Gasteiger partial charge < -0.3 is 4.42 Å². The Morgan fingerprint density at radius 1 is 0.327 bits per heavy atom. The highest BCUT2D eigenvalue weighted by Crippen LogP contribution is 2.38. The summed E-state index contributed by atoms with van der Waals surface area (Å²) in [6.45, 7) is 0. The molecule has 0 N–H and O–H groups in total. The maximum absolute atomic E-state index is 6.50. The Morgan fingerprint density at radius 3 is 1.24 bits per heavy atom. The van der Waals surface area contributed by atoms with Crippen molar-refractivity contribution >= 4 is 21.9 Å². The first kappa shape index (κ1) is 32.2. The normalized spacial score (nSPS) is 11.3. The minimum absolute atomic E-state index is 0.471. The van der Waals surface area contributed by atoms with Crippen LogP contribution < -0.4 is 0 Å². The van der Waals surface area contributed by atoms with Crippen molar-refractivity contribution in [1.82, 2.24) is 19.9 Å². The number of hydrogen-bond acceptors (Lipinski definition) is 5. The summed E-state index contributed by atoms with van der Waals surface area (Å²) in [6.07, 6.45) is 1.88. The summed E-state index contributed by atoms with van der Waals surface area (Å²) in [6, 6.07) is 64.6. The summed E-state index contributed by atoms with van der Waals surface area (Å²) in [5, 5.41) is 1.96. The molecule has 0 aliphatic rings. The van der Waals surface area contributed by atoms with Crippen molar-refractivity contribution in [2.24, 2.45) is 0 Å². The van der Waals surface area contributed by atoms with Crippen LogP contribution in [0.25, 0.3) is 101 Å². The van der Waals surface area contributed by atoms with E-state index in [0.717, 1.165) is 66.4 Å². The van der Waals surface area contributed by atoms with Crippen molar-refractivity contribution < 1.29 is 4.42 Å². The van der Waals surface area contributed by atoms with E-state index in [9.17, 15) is 0 Å². The van der Waals surface area contributed by atoms with Gasteiger partial charge >= 0.3 is 0 Å². The fourth-order valence-corrected chi connectivity index (χ4v) is 7.19. The van der Waals surface area contributed by atoms with Crippen molar-refractivity contribution in [1.29, 1.82) is 0 Å². The molecule has 0 amide bonds. The predicted octanol–water partition coefficient (Wildman–Crippen LogP) is 12.8. The van der Waals surface area contributed by atoms with E-state index >= 15 is 0 Å². The maximum atomic E-state index is 6.50. The lowest BCUT2D eigenvalue weighted by molar-refractivity contribution is 0.668. The predicted molar refractivity (Wildman–Crippen MR) is 223 cm³/mol. The zero-order chi connectivity index (χ0) is 36.6. The monoisotopic (exact) mass is 704 g/mol. The lowest BCUT2D eigenvalue weighted by Crippen LogP contribution is -2.01. The van der Waals surface area contributed by atoms with E-state index in [1.165, 1.54) is 11.1 Å². The quantitative estimate of drug-likeness (QED) is 0.165. The minimum atomic E-state index is 0.471. The molecule has 3 aromatic heterocycles. The fraction of sp³-hybridized carbons (Fsp3) is 0. The van der Waals surface area contributed by atoms with Crippen LogP contribution in [0.1, 0.15) is 0 Å². The highest BCUT2D eigenvalue weighted by Gasteiger charge is 2.18. The largest absolute Gasteiger partial charge is 0.456 e. The average molecular weight is 705 g/mol. The van der Waals surface area contributed by atoms with Crippen LogP contribution in [0.4, 0.5) is 0 Å². The SMILES string of the molecule is c1ccc(-c2ccc(-c3nc(-c4ccc(-c5ccccc5)cc4)nc(-c4cc5oc6cccc(-c7ccc(-c8ccccc8)cc7)c6c5cn4)n3)cc2)cc1. The lowest BCUT2D eigenvalue weighted by Gasteiger charge is -2.09. The summed E-state index contributed by atoms with van der Waals surface area (Å²) >= 11 is 0. The Labute approximate surface area is 318 Å². The molecule has 10 aromatic rings. The molecule has 55 heavy (non-hydrogen) atoms. The zero-order valence-corrected chi connectivity index (χ0v) is 29.7. The van der Waals surface area contributed by atoms with E-state index in [1.807, 2.05) is 66.9 Å². The van der Waals surface area contributed by atoms with Crippen LogP contribution in [-0.4, -0.2) is 19.9 Å². The van der Waals surface area contributed by atoms with Crippen LogP contribution in [-0.2, 0) is 0 Å². The van der Waals surface area contributed by atoms with Gasteiger partial charge in [-0.15, -0.1) is 0 Å². The molecule has 258 valence electrons. The van der Waals surface area contributed by atoms with Gasteiger partial charge in [-0.3, -0.25) is 4.98 Å². The van der Waals surface area contributed by atoms with Gasteiger partial charge in [0, 0.05) is 34.2 Å². The third-order valence-corrected chi connectivity index (χ3v) is 10.0. The molecule has 10 rings (SSSR count). The first-order valence-electron chi connectivity index (χ1n) is 18.3. The van der Waals surface area contributed by atoms with E-state index in [-0.39, 0.29) is 0 Å². The number of benzene rings is 7. The van der Waals surface area contributed by atoms with Crippen LogP contribution >= 0.6 is 0 Å². The van der Waals surface area contributed by atoms with Crippen LogP contribution in [0.5, 0.6) is 0 Å². The van der Waals surface area contributed by atoms with E-state index in [1.54, 1.807) is 0 Å². The second-order valence-corrected chi connectivity index (χ2v) is 13.5. The molecule has 0 radical (unpaired) electrons. The summed E-state index contributed by atoms with van der Waals surface area (Å²) in [5.74, 6) is 1.61. The number of hydrogen-bond donors (Lipinski definition) is 0. The Morgan fingerprint density at radius 2 is 0.745 bits per heavy atom. The van der Waals surface area contributed by atoms with E-state index in [4.69, 9.17) is 24.4 Å². The maximum Gasteiger partial charge on any atom is 0.182 e. The van der Waals surface area contributed by atoms with Crippen molar-refractivity contribution in [2.45, 2.75) is 0 Å². The van der Waals surface area contributed by atoms with Gasteiger partial charge in [-0.2, -0.15) is 0 Å². The smallest absolute Gasteiger partial charge is 0.182 e. The van der Waals surface area contributed by atoms with Crippen molar-refractivity contribution in [3.63, 3.8) is 0 Å². The molecule has 0 bridgehead atoms. The molecule has 5 heteroatoms. The molecule has 0 atom stereocenters. The fourth-order valence-electron chi connectivity index (χ4n) is 7.19. The molecule has 0 saturated heterocycles. The molecule has 5 nitrogen and oxygen atoms in total. The molecule has 0 spiro atoms. The average Bonchev–Trinajstić information content (AvgIpc) is 3.66. The number of aromatic nitrogens is 4. The Balaban J connectivity index is 1.06. The Bertz CT molecular complexity index is 2820. The highest BCUT2D eigenvalue weighted by molar-refractivity contribution is 6.12. The Kier molecular flexibility index (Phi) is 8.08. The molecule has 3 heterocycles. The van der Waals surface area contributed by atoms with Crippen LogP contribution in [0, 0.1) is 0 Å². The standard InChI is InChI=1S/C50H32N4O/c1-4-11-33(12-5-1)36-19-25-39(26-20-36)42-17-10-18-45-47(42)43-32-51-44(31-46(43)55-45)50-53-48(40-27-21-37(22-28-40)34-13-6-2-7-14-34)52-49(54-50)41-29-23-38(24-30-41)35-15-8-3-9-16-35/h1-32H. The van der Waals surface area contributed by atoms with Crippen molar-refractivity contribution in [3.8, 4) is 78.8 Å². The van der Waals surface area contributed by atoms with E-state index in [0.29, 0.717) is 23.2 Å². The summed E-state index contributed by atoms with van der Waals surface area (Å²) in [4.78, 5) is 20.0. The zero-order valence-electron chi connectivity index (χ0n) is 29.7. The van der Waals surface area contributed by atoms with Gasteiger partial charge in [0.2, 0.25) is 0 Å². The minimum Gasteiger partial charge on any atom is -0.456 e. The summed E-state index contributed by atoms with van der Waals surface area (Å²) in [5.41, 5.74) is 13.0. The number of rotatable bonds is 7. The molecular formula is C50H32N4O. The van der Waals surface area contributed by atoms with E-state index < -0.39 is 0 Å². The van der Waals surface area contributed by atoms with Gasteiger partial charge in [-0.05, 0) is 50.6 Å². The molecule has 0 fully saturated rings. The number of furan rings is 1. The summed E-state index contributed by atoms with van der Waals surface area (Å²) < 4.78 is 6.50. The number of fused-ring (bicyclic) bond motifs is 3. The molecule has 0 aliphatic heterocycles. The van der Waals surface area contributed by atoms with Crippen LogP contribution in [0.15, 0.2) is 199 Å². The molecular weight excluding hydrogens is 673 g/mol. The molecule has 0 unspecified atom stereocenters. The Hall–Kier alpha value is -7.50. The van der Waals surface area contributed by atoms with E-state index in [2.05, 4.69) is 127 Å².